The van der Waals surface area contributed by atoms with Crippen molar-refractivity contribution in [1.82, 2.24) is 10.6 Å². The first-order valence-corrected chi connectivity index (χ1v) is 13.3. The predicted octanol–water partition coefficient (Wildman–Crippen LogP) is 4.89. The quantitative estimate of drug-likeness (QED) is 0.524. The Morgan fingerprint density at radius 3 is 2.13 bits per heavy atom. The zero-order chi connectivity index (χ0) is 26.3. The van der Waals surface area contributed by atoms with Crippen molar-refractivity contribution in [3.8, 4) is 11.1 Å². The smallest absolute Gasteiger partial charge is 0.414 e. The van der Waals surface area contributed by atoms with Crippen molar-refractivity contribution in [2.24, 2.45) is 0 Å². The van der Waals surface area contributed by atoms with Crippen molar-refractivity contribution in [3.05, 3.63) is 89.5 Å². The number of ether oxygens (including phenoxy) is 1. The average molecular weight is 510 g/mol. The first-order chi connectivity index (χ1) is 18.4. The molecule has 3 amide bonds. The van der Waals surface area contributed by atoms with E-state index in [4.69, 9.17) is 4.74 Å². The number of benzene rings is 3. The molecule has 7 heteroatoms. The predicted molar refractivity (Wildman–Crippen MR) is 145 cm³/mol. The largest absolute Gasteiger partial charge is 0.436 e. The highest BCUT2D eigenvalue weighted by atomic mass is 16.6. The zero-order valence-corrected chi connectivity index (χ0v) is 21.4. The molecule has 0 radical (unpaired) electrons. The fraction of sp³-hybridized carbons (Fsp3) is 0.323. The fourth-order valence-corrected chi connectivity index (χ4v) is 6.01. The number of fused-ring (bicyclic) bond motifs is 3. The third-order valence-electron chi connectivity index (χ3n) is 8.16. The van der Waals surface area contributed by atoms with Gasteiger partial charge >= 0.3 is 6.09 Å². The van der Waals surface area contributed by atoms with E-state index < -0.39 is 23.8 Å². The van der Waals surface area contributed by atoms with Crippen LogP contribution in [0.25, 0.3) is 11.1 Å². The SMILES string of the molecule is CN(C(=O)OC1c2ccccc2-c2ccccc21)c1ccc(C[C@@H]2NC(=O)C3(CCCCC3)NC2=O)cc1. The number of carbonyl (C=O) groups excluding carboxylic acids is 3. The molecule has 6 rings (SSSR count). The molecule has 2 N–H and O–H groups in total. The normalized spacial score (nSPS) is 19.8. The maximum absolute atomic E-state index is 13.2. The number of nitrogens with zero attached hydrogens (tertiary/aromatic N) is 1. The maximum Gasteiger partial charge on any atom is 0.414 e. The maximum atomic E-state index is 13.2. The monoisotopic (exact) mass is 509 g/mol. The van der Waals surface area contributed by atoms with Crippen LogP contribution < -0.4 is 15.5 Å². The van der Waals surface area contributed by atoms with Crippen LogP contribution in [0.15, 0.2) is 72.8 Å². The summed E-state index contributed by atoms with van der Waals surface area (Å²) in [6.07, 6.45) is 3.88. The van der Waals surface area contributed by atoms with Crippen LogP contribution in [-0.4, -0.2) is 36.5 Å². The van der Waals surface area contributed by atoms with Crippen LogP contribution in [0.2, 0.25) is 0 Å². The summed E-state index contributed by atoms with van der Waals surface area (Å²) in [5, 5.41) is 5.98. The molecular formula is C31H31N3O4. The molecule has 38 heavy (non-hydrogen) atoms. The van der Waals surface area contributed by atoms with Gasteiger partial charge in [-0.15, -0.1) is 0 Å². The van der Waals surface area contributed by atoms with Gasteiger partial charge in [-0.2, -0.15) is 0 Å². The molecule has 3 aliphatic rings. The number of amides is 3. The zero-order valence-electron chi connectivity index (χ0n) is 21.4. The Hall–Kier alpha value is -4.13. The molecular weight excluding hydrogens is 478 g/mol. The fourth-order valence-electron chi connectivity index (χ4n) is 6.01. The molecule has 0 bridgehead atoms. The minimum Gasteiger partial charge on any atom is -0.436 e. The molecule has 1 saturated heterocycles. The topological polar surface area (TPSA) is 87.7 Å². The van der Waals surface area contributed by atoms with Gasteiger partial charge < -0.3 is 15.4 Å². The van der Waals surface area contributed by atoms with E-state index in [1.807, 2.05) is 60.7 Å². The Morgan fingerprint density at radius 2 is 1.50 bits per heavy atom. The number of nitrogens with one attached hydrogen (secondary N) is 2. The lowest BCUT2D eigenvalue weighted by Crippen LogP contribution is -2.70. The average Bonchev–Trinajstić information content (AvgIpc) is 3.26. The van der Waals surface area contributed by atoms with Crippen LogP contribution in [0.1, 0.15) is 54.9 Å². The molecule has 1 saturated carbocycles. The molecule has 2 fully saturated rings. The molecule has 3 aromatic carbocycles. The highest BCUT2D eigenvalue weighted by molar-refractivity contribution is 6.00. The Labute approximate surface area is 222 Å². The number of piperazine rings is 1. The Kier molecular flexibility index (Phi) is 6.14. The Morgan fingerprint density at radius 1 is 0.895 bits per heavy atom. The number of carbonyl (C=O) groups is 3. The van der Waals surface area contributed by atoms with E-state index in [0.717, 1.165) is 47.1 Å². The summed E-state index contributed by atoms with van der Waals surface area (Å²) < 4.78 is 6.00. The molecule has 1 heterocycles. The summed E-state index contributed by atoms with van der Waals surface area (Å²) in [4.78, 5) is 40.3. The van der Waals surface area contributed by atoms with Gasteiger partial charge in [-0.05, 0) is 41.7 Å². The molecule has 1 aliphatic heterocycles. The van der Waals surface area contributed by atoms with Crippen LogP contribution in [0, 0.1) is 0 Å². The summed E-state index contributed by atoms with van der Waals surface area (Å²) >= 11 is 0. The van der Waals surface area contributed by atoms with Crippen LogP contribution in [0.3, 0.4) is 0 Å². The van der Waals surface area contributed by atoms with Crippen LogP contribution in [0.4, 0.5) is 10.5 Å². The van der Waals surface area contributed by atoms with Gasteiger partial charge in [0.15, 0.2) is 6.10 Å². The molecule has 1 atom stereocenters. The number of rotatable bonds is 4. The first-order valence-electron chi connectivity index (χ1n) is 13.3. The van der Waals surface area contributed by atoms with Crippen molar-refractivity contribution >= 4 is 23.6 Å². The Bertz CT molecular complexity index is 1350. The molecule has 1 spiro atoms. The van der Waals surface area contributed by atoms with Crippen LogP contribution in [0.5, 0.6) is 0 Å². The van der Waals surface area contributed by atoms with Crippen molar-refractivity contribution in [1.29, 1.82) is 0 Å². The summed E-state index contributed by atoms with van der Waals surface area (Å²) in [7, 11) is 1.68. The summed E-state index contributed by atoms with van der Waals surface area (Å²) in [5.74, 6) is -0.204. The van der Waals surface area contributed by atoms with Gasteiger partial charge in [0.2, 0.25) is 11.8 Å². The Balaban J connectivity index is 1.12. The van der Waals surface area contributed by atoms with E-state index in [1.165, 1.54) is 4.90 Å². The van der Waals surface area contributed by atoms with E-state index in [1.54, 1.807) is 7.05 Å². The second kappa shape index (κ2) is 9.63. The van der Waals surface area contributed by atoms with Gasteiger partial charge in [-0.3, -0.25) is 14.5 Å². The number of anilines is 1. The lowest BCUT2D eigenvalue weighted by Gasteiger charge is -2.42. The third kappa shape index (κ3) is 4.22. The van der Waals surface area contributed by atoms with E-state index in [9.17, 15) is 14.4 Å². The van der Waals surface area contributed by atoms with Gasteiger partial charge in [0.25, 0.3) is 0 Å². The standard InChI is InChI=1S/C31H31N3O4/c1-34(30(37)38-27-24-11-5-3-9-22(24)23-10-4-6-12-25(23)27)21-15-13-20(14-16-21)19-26-28(35)33-31(29(36)32-26)17-7-2-8-18-31/h3-6,9-16,26-27H,2,7-8,17-19H2,1H3,(H,32,36)(H,33,35)/t26-/m0/s1. The first kappa shape index (κ1) is 24.2. The van der Waals surface area contributed by atoms with E-state index in [-0.39, 0.29) is 11.8 Å². The summed E-state index contributed by atoms with van der Waals surface area (Å²) in [6.45, 7) is 0. The molecule has 0 aromatic heterocycles. The van der Waals surface area contributed by atoms with E-state index >= 15 is 0 Å². The lowest BCUT2D eigenvalue weighted by molar-refractivity contribution is -0.143. The molecule has 194 valence electrons. The second-order valence-electron chi connectivity index (χ2n) is 10.5. The molecule has 0 unspecified atom stereocenters. The number of hydrogen-bond donors (Lipinski definition) is 2. The van der Waals surface area contributed by atoms with Crippen LogP contribution in [-0.2, 0) is 20.7 Å². The number of hydrogen-bond acceptors (Lipinski definition) is 4. The summed E-state index contributed by atoms with van der Waals surface area (Å²) in [5.41, 5.74) is 4.97. The summed E-state index contributed by atoms with van der Waals surface area (Å²) in [6, 6.07) is 22.8. The minimum absolute atomic E-state index is 0.0732. The van der Waals surface area contributed by atoms with E-state index in [2.05, 4.69) is 22.8 Å². The van der Waals surface area contributed by atoms with E-state index in [0.29, 0.717) is 24.9 Å². The molecule has 3 aromatic rings. The van der Waals surface area contributed by atoms with Gasteiger partial charge in [0.05, 0.1) is 0 Å². The van der Waals surface area contributed by atoms with Gasteiger partial charge in [0.1, 0.15) is 11.6 Å². The highest BCUT2D eigenvalue weighted by Crippen LogP contribution is 2.45. The molecule has 2 aliphatic carbocycles. The lowest BCUT2D eigenvalue weighted by atomic mass is 9.79. The van der Waals surface area contributed by atoms with Crippen molar-refractivity contribution in [2.45, 2.75) is 56.2 Å². The van der Waals surface area contributed by atoms with Crippen LogP contribution >= 0.6 is 0 Å². The highest BCUT2D eigenvalue weighted by Gasteiger charge is 2.46. The van der Waals surface area contributed by atoms with Gasteiger partial charge in [-0.1, -0.05) is 79.9 Å². The minimum atomic E-state index is -0.737. The van der Waals surface area contributed by atoms with Gasteiger partial charge in [-0.25, -0.2) is 4.79 Å². The van der Waals surface area contributed by atoms with Gasteiger partial charge in [0, 0.05) is 30.3 Å². The second-order valence-corrected chi connectivity index (χ2v) is 10.5. The van der Waals surface area contributed by atoms with Crippen molar-refractivity contribution in [3.63, 3.8) is 0 Å². The molecule has 7 nitrogen and oxygen atoms in total. The third-order valence-corrected chi connectivity index (χ3v) is 8.16. The van der Waals surface area contributed by atoms with Crippen molar-refractivity contribution < 1.29 is 19.1 Å². The van der Waals surface area contributed by atoms with Crippen molar-refractivity contribution in [2.75, 3.05) is 11.9 Å².